The topological polar surface area (TPSA) is 63.4 Å². The maximum Gasteiger partial charge on any atom is 0.232 e. The van der Waals surface area contributed by atoms with E-state index in [1.54, 1.807) is 6.07 Å². The van der Waals surface area contributed by atoms with Crippen molar-refractivity contribution in [2.24, 2.45) is 5.73 Å². The van der Waals surface area contributed by atoms with Crippen molar-refractivity contribution in [3.8, 4) is 0 Å². The Morgan fingerprint density at radius 3 is 2.56 bits per heavy atom. The number of aryl methyl sites for hydroxylation is 1. The van der Waals surface area contributed by atoms with Gasteiger partial charge in [0.05, 0.1) is 11.9 Å². The second-order valence-corrected chi connectivity index (χ2v) is 5.72. The van der Waals surface area contributed by atoms with Crippen molar-refractivity contribution in [3.05, 3.63) is 29.8 Å². The molecule has 0 unspecified atom stereocenters. The predicted octanol–water partition coefficient (Wildman–Crippen LogP) is 1.11. The molecule has 1 aromatic rings. The molecule has 0 aliphatic carbocycles. The molecule has 2 N–H and O–H groups in total. The van der Waals surface area contributed by atoms with E-state index in [4.69, 9.17) is 5.73 Å². The van der Waals surface area contributed by atoms with Crippen molar-refractivity contribution >= 4 is 15.7 Å². The van der Waals surface area contributed by atoms with Crippen LogP contribution in [0.3, 0.4) is 0 Å². The van der Waals surface area contributed by atoms with Gasteiger partial charge in [-0.05, 0) is 37.6 Å². The third kappa shape index (κ3) is 3.50. The zero-order chi connectivity index (χ0) is 12.2. The first-order valence-electron chi connectivity index (χ1n) is 5.19. The van der Waals surface area contributed by atoms with Gasteiger partial charge in [0.1, 0.15) is 0 Å². The molecule has 5 heteroatoms. The van der Waals surface area contributed by atoms with Crippen LogP contribution in [-0.4, -0.2) is 27.8 Å². The lowest BCUT2D eigenvalue weighted by atomic mass is 10.2. The molecule has 0 saturated carbocycles. The maximum absolute atomic E-state index is 11.6. The summed E-state index contributed by atoms with van der Waals surface area (Å²) in [6.07, 6.45) is 1.87. The number of benzene rings is 1. The van der Waals surface area contributed by atoms with Gasteiger partial charge in [-0.1, -0.05) is 12.1 Å². The van der Waals surface area contributed by atoms with Crippen LogP contribution in [0.1, 0.15) is 12.0 Å². The number of anilines is 1. The van der Waals surface area contributed by atoms with Gasteiger partial charge in [-0.3, -0.25) is 4.31 Å². The molecule has 0 aliphatic rings. The van der Waals surface area contributed by atoms with Gasteiger partial charge in [0.2, 0.25) is 10.0 Å². The molecule has 0 bridgehead atoms. The maximum atomic E-state index is 11.6. The molecule has 0 aliphatic heterocycles. The van der Waals surface area contributed by atoms with E-state index in [0.29, 0.717) is 25.2 Å². The zero-order valence-corrected chi connectivity index (χ0v) is 10.5. The van der Waals surface area contributed by atoms with E-state index >= 15 is 0 Å². The lowest BCUT2D eigenvalue weighted by Gasteiger charge is -2.22. The van der Waals surface area contributed by atoms with Crippen molar-refractivity contribution < 1.29 is 8.42 Å². The van der Waals surface area contributed by atoms with Crippen LogP contribution in [0.2, 0.25) is 0 Å². The molecule has 16 heavy (non-hydrogen) atoms. The highest BCUT2D eigenvalue weighted by molar-refractivity contribution is 7.92. The molecule has 0 fully saturated rings. The highest BCUT2D eigenvalue weighted by Gasteiger charge is 2.16. The van der Waals surface area contributed by atoms with E-state index < -0.39 is 10.0 Å². The number of hydrogen-bond acceptors (Lipinski definition) is 3. The second-order valence-electron chi connectivity index (χ2n) is 3.82. The Hall–Kier alpha value is -1.07. The molecule has 0 amide bonds. The van der Waals surface area contributed by atoms with Crippen LogP contribution in [-0.2, 0) is 10.0 Å². The van der Waals surface area contributed by atoms with Crippen LogP contribution in [0.4, 0.5) is 5.69 Å². The summed E-state index contributed by atoms with van der Waals surface area (Å²) in [4.78, 5) is 0. The van der Waals surface area contributed by atoms with Gasteiger partial charge in [0.25, 0.3) is 0 Å². The van der Waals surface area contributed by atoms with Gasteiger partial charge in [0, 0.05) is 6.54 Å². The fraction of sp³-hybridized carbons (Fsp3) is 0.455. The van der Waals surface area contributed by atoms with Crippen molar-refractivity contribution in [2.45, 2.75) is 13.3 Å². The number of nitrogens with two attached hydrogens (primary N) is 1. The number of rotatable bonds is 5. The molecule has 0 heterocycles. The van der Waals surface area contributed by atoms with E-state index in [-0.39, 0.29) is 0 Å². The highest BCUT2D eigenvalue weighted by Crippen LogP contribution is 2.18. The Bertz CT molecular complexity index is 443. The van der Waals surface area contributed by atoms with E-state index in [2.05, 4.69) is 0 Å². The Morgan fingerprint density at radius 2 is 2.06 bits per heavy atom. The summed E-state index contributed by atoms with van der Waals surface area (Å²) in [6, 6.07) is 7.44. The number of hydrogen-bond donors (Lipinski definition) is 1. The minimum absolute atomic E-state index is 0.429. The van der Waals surface area contributed by atoms with Crippen LogP contribution in [0.5, 0.6) is 0 Å². The standard InChI is InChI=1S/C11H18N2O2S/c1-10-5-3-6-11(9-10)13(8-4-7-12)16(2,14)15/h3,5-6,9H,4,7-8,12H2,1-2H3. The molecule has 0 saturated heterocycles. The molecule has 0 radical (unpaired) electrons. The summed E-state index contributed by atoms with van der Waals surface area (Å²) < 4.78 is 24.7. The largest absolute Gasteiger partial charge is 0.330 e. The van der Waals surface area contributed by atoms with Crippen LogP contribution >= 0.6 is 0 Å². The van der Waals surface area contributed by atoms with E-state index in [1.165, 1.54) is 10.6 Å². The van der Waals surface area contributed by atoms with E-state index in [0.717, 1.165) is 5.56 Å². The monoisotopic (exact) mass is 242 g/mol. The van der Waals surface area contributed by atoms with Gasteiger partial charge in [0.15, 0.2) is 0 Å². The number of sulfonamides is 1. The van der Waals surface area contributed by atoms with Gasteiger partial charge >= 0.3 is 0 Å². The van der Waals surface area contributed by atoms with Gasteiger partial charge in [-0.25, -0.2) is 8.42 Å². The number of nitrogens with zero attached hydrogens (tertiary/aromatic N) is 1. The SMILES string of the molecule is Cc1cccc(N(CCCN)S(C)(=O)=O)c1. The molecular weight excluding hydrogens is 224 g/mol. The lowest BCUT2D eigenvalue weighted by Crippen LogP contribution is -2.31. The van der Waals surface area contributed by atoms with Gasteiger partial charge in [-0.15, -0.1) is 0 Å². The predicted molar refractivity (Wildman–Crippen MR) is 67.0 cm³/mol. The van der Waals surface area contributed by atoms with Crippen molar-refractivity contribution in [2.75, 3.05) is 23.7 Å². The third-order valence-electron chi connectivity index (χ3n) is 2.26. The lowest BCUT2D eigenvalue weighted by molar-refractivity contribution is 0.595. The minimum atomic E-state index is -3.23. The van der Waals surface area contributed by atoms with Gasteiger partial charge < -0.3 is 5.73 Å². The summed E-state index contributed by atoms with van der Waals surface area (Å²) in [6.45, 7) is 2.85. The van der Waals surface area contributed by atoms with Crippen molar-refractivity contribution in [1.82, 2.24) is 0 Å². The smallest absolute Gasteiger partial charge is 0.232 e. The molecule has 0 atom stereocenters. The fourth-order valence-electron chi connectivity index (χ4n) is 1.50. The van der Waals surface area contributed by atoms with Crippen molar-refractivity contribution in [1.29, 1.82) is 0 Å². The van der Waals surface area contributed by atoms with E-state index in [1.807, 2.05) is 25.1 Å². The van der Waals surface area contributed by atoms with Crippen LogP contribution < -0.4 is 10.0 Å². The third-order valence-corrected chi connectivity index (χ3v) is 3.45. The molecule has 1 rings (SSSR count). The first-order chi connectivity index (χ1) is 7.45. The quantitative estimate of drug-likeness (QED) is 0.841. The summed E-state index contributed by atoms with van der Waals surface area (Å²) >= 11 is 0. The first-order valence-corrected chi connectivity index (χ1v) is 7.04. The van der Waals surface area contributed by atoms with Crippen molar-refractivity contribution in [3.63, 3.8) is 0 Å². The summed E-state index contributed by atoms with van der Waals surface area (Å²) in [5.41, 5.74) is 7.15. The normalized spacial score (nSPS) is 11.4. The Kier molecular flexibility index (Phi) is 4.32. The fourth-order valence-corrected chi connectivity index (χ4v) is 2.46. The summed E-state index contributed by atoms with van der Waals surface area (Å²) in [5.74, 6) is 0. The second kappa shape index (κ2) is 5.32. The average molecular weight is 242 g/mol. The summed E-state index contributed by atoms with van der Waals surface area (Å²) in [7, 11) is -3.23. The summed E-state index contributed by atoms with van der Waals surface area (Å²) in [5, 5.41) is 0. The van der Waals surface area contributed by atoms with Crippen LogP contribution in [0.15, 0.2) is 24.3 Å². The molecule has 0 aromatic heterocycles. The zero-order valence-electron chi connectivity index (χ0n) is 9.68. The van der Waals surface area contributed by atoms with Crippen LogP contribution in [0, 0.1) is 6.92 Å². The highest BCUT2D eigenvalue weighted by atomic mass is 32.2. The Morgan fingerprint density at radius 1 is 1.38 bits per heavy atom. The minimum Gasteiger partial charge on any atom is -0.330 e. The molecular formula is C11H18N2O2S. The molecule has 4 nitrogen and oxygen atoms in total. The molecule has 90 valence electrons. The van der Waals surface area contributed by atoms with Gasteiger partial charge in [-0.2, -0.15) is 0 Å². The first kappa shape index (κ1) is 13.0. The Balaban J connectivity index is 3.02. The average Bonchev–Trinajstić information content (AvgIpc) is 2.16. The van der Waals surface area contributed by atoms with Crippen LogP contribution in [0.25, 0.3) is 0 Å². The molecule has 1 aromatic carbocycles. The Labute approximate surface area is 97.1 Å². The van der Waals surface area contributed by atoms with E-state index in [9.17, 15) is 8.42 Å². The molecule has 0 spiro atoms.